The van der Waals surface area contributed by atoms with Gasteiger partial charge in [-0.05, 0) is 44.4 Å². The van der Waals surface area contributed by atoms with Crippen LogP contribution in [0.4, 0.5) is 0 Å². The summed E-state index contributed by atoms with van der Waals surface area (Å²) in [6, 6.07) is 18.5. The zero-order valence-electron chi connectivity index (χ0n) is 18.8. The van der Waals surface area contributed by atoms with Crippen LogP contribution in [0.5, 0.6) is 0 Å². The molecule has 5 rings (SSSR count). The number of hydrogen-bond donors (Lipinski definition) is 0. The molecule has 2 amide bonds. The first-order chi connectivity index (χ1) is 15.5. The van der Waals surface area contributed by atoms with Crippen LogP contribution in [0.2, 0.25) is 0 Å². The van der Waals surface area contributed by atoms with Gasteiger partial charge in [-0.15, -0.1) is 0 Å². The van der Waals surface area contributed by atoms with E-state index in [0.29, 0.717) is 25.6 Å². The van der Waals surface area contributed by atoms with E-state index >= 15 is 0 Å². The molecule has 2 aromatic carbocycles. The maximum absolute atomic E-state index is 13.5. The van der Waals surface area contributed by atoms with Crippen molar-refractivity contribution in [3.63, 3.8) is 0 Å². The first-order valence-electron chi connectivity index (χ1n) is 11.6. The first kappa shape index (κ1) is 20.7. The van der Waals surface area contributed by atoms with Gasteiger partial charge in [0.1, 0.15) is 12.4 Å². The Kier molecular flexibility index (Phi) is 5.45. The van der Waals surface area contributed by atoms with Gasteiger partial charge in [-0.2, -0.15) is 0 Å². The van der Waals surface area contributed by atoms with E-state index in [9.17, 15) is 9.59 Å². The summed E-state index contributed by atoms with van der Waals surface area (Å²) in [7, 11) is 0. The number of hydrogen-bond acceptors (Lipinski definition) is 3. The molecular weight excluding hydrogens is 400 g/mol. The summed E-state index contributed by atoms with van der Waals surface area (Å²) in [5.41, 5.74) is 2.95. The molecule has 1 atom stereocenters. The molecule has 2 aliphatic rings. The average Bonchev–Trinajstić information content (AvgIpc) is 3.47. The van der Waals surface area contributed by atoms with Gasteiger partial charge in [0.25, 0.3) is 0 Å². The van der Waals surface area contributed by atoms with Crippen molar-refractivity contribution in [2.45, 2.75) is 64.2 Å². The van der Waals surface area contributed by atoms with Crippen LogP contribution in [-0.2, 0) is 22.7 Å². The van der Waals surface area contributed by atoms with Crippen molar-refractivity contribution in [3.8, 4) is 0 Å². The minimum Gasteiger partial charge on any atom is -0.339 e. The molecule has 0 N–H and O–H groups in total. The van der Waals surface area contributed by atoms with Crippen molar-refractivity contribution >= 4 is 22.8 Å². The molecule has 6 nitrogen and oxygen atoms in total. The number of nitrogens with zero attached hydrogens (tertiary/aromatic N) is 4. The van der Waals surface area contributed by atoms with Gasteiger partial charge in [0.2, 0.25) is 11.8 Å². The number of para-hydroxylation sites is 2. The molecule has 1 aliphatic heterocycles. The number of carbonyl (C=O) groups excluding carboxylic acids is 2. The monoisotopic (exact) mass is 430 g/mol. The Labute approximate surface area is 188 Å². The van der Waals surface area contributed by atoms with Crippen molar-refractivity contribution in [2.75, 3.05) is 6.54 Å². The Bertz CT molecular complexity index is 1130. The molecule has 0 bridgehead atoms. The molecule has 6 heteroatoms. The number of benzene rings is 2. The molecule has 0 spiro atoms. The van der Waals surface area contributed by atoms with Crippen LogP contribution in [0.3, 0.4) is 0 Å². The Balaban J connectivity index is 1.44. The minimum atomic E-state index is 0.0323. The summed E-state index contributed by atoms with van der Waals surface area (Å²) in [6.45, 7) is 5.62. The Morgan fingerprint density at radius 3 is 2.53 bits per heavy atom. The van der Waals surface area contributed by atoms with E-state index in [1.165, 1.54) is 0 Å². The predicted molar refractivity (Wildman–Crippen MR) is 124 cm³/mol. The Morgan fingerprint density at radius 2 is 1.81 bits per heavy atom. The number of rotatable bonds is 7. The molecule has 32 heavy (non-hydrogen) atoms. The lowest BCUT2D eigenvalue weighted by atomic mass is 10.1. The fourth-order valence-corrected chi connectivity index (χ4v) is 4.78. The Morgan fingerprint density at radius 1 is 1.09 bits per heavy atom. The van der Waals surface area contributed by atoms with E-state index in [0.717, 1.165) is 35.3 Å². The fourth-order valence-electron chi connectivity index (χ4n) is 4.78. The fraction of sp³-hybridized carbons (Fsp3) is 0.423. The molecule has 166 valence electrons. The van der Waals surface area contributed by atoms with Gasteiger partial charge >= 0.3 is 0 Å². The quantitative estimate of drug-likeness (QED) is 0.570. The second-order valence-corrected chi connectivity index (χ2v) is 9.32. The van der Waals surface area contributed by atoms with Crippen LogP contribution >= 0.6 is 0 Å². The zero-order chi connectivity index (χ0) is 22.2. The van der Waals surface area contributed by atoms with E-state index in [-0.39, 0.29) is 30.3 Å². The van der Waals surface area contributed by atoms with E-state index in [1.807, 2.05) is 56.8 Å². The highest BCUT2D eigenvalue weighted by Crippen LogP contribution is 2.37. The molecule has 1 saturated carbocycles. The summed E-state index contributed by atoms with van der Waals surface area (Å²) < 4.78 is 2.05. The first-order valence-corrected chi connectivity index (χ1v) is 11.6. The second-order valence-electron chi connectivity index (χ2n) is 9.32. The summed E-state index contributed by atoms with van der Waals surface area (Å²) in [4.78, 5) is 35.0. The molecule has 1 aromatic heterocycles. The van der Waals surface area contributed by atoms with Crippen molar-refractivity contribution in [3.05, 3.63) is 66.0 Å². The Hall–Kier alpha value is -3.15. The van der Waals surface area contributed by atoms with Crippen molar-refractivity contribution < 1.29 is 9.59 Å². The molecule has 3 aromatic rings. The maximum atomic E-state index is 13.5. The lowest BCUT2D eigenvalue weighted by Gasteiger charge is -2.28. The SMILES string of the molecule is CC(C)N(Cc1ccccc1)C(=O)Cn1c(C2CC(=O)N(C3CC3)C2)nc2ccccc21. The van der Waals surface area contributed by atoms with Gasteiger partial charge in [0, 0.05) is 37.5 Å². The smallest absolute Gasteiger partial charge is 0.243 e. The van der Waals surface area contributed by atoms with Crippen LogP contribution < -0.4 is 0 Å². The molecule has 2 heterocycles. The number of carbonyl (C=O) groups is 2. The van der Waals surface area contributed by atoms with Gasteiger partial charge in [-0.1, -0.05) is 42.5 Å². The van der Waals surface area contributed by atoms with Crippen LogP contribution in [0, 0.1) is 0 Å². The molecule has 2 fully saturated rings. The number of fused-ring (bicyclic) bond motifs is 1. The highest BCUT2D eigenvalue weighted by molar-refractivity contribution is 5.83. The lowest BCUT2D eigenvalue weighted by molar-refractivity contribution is -0.134. The third-order valence-electron chi connectivity index (χ3n) is 6.63. The van der Waals surface area contributed by atoms with E-state index in [4.69, 9.17) is 4.98 Å². The number of imidazole rings is 1. The molecule has 1 saturated heterocycles. The highest BCUT2D eigenvalue weighted by atomic mass is 16.2. The van der Waals surface area contributed by atoms with Gasteiger partial charge in [0.05, 0.1) is 11.0 Å². The minimum absolute atomic E-state index is 0.0323. The van der Waals surface area contributed by atoms with Crippen LogP contribution in [-0.4, -0.2) is 49.8 Å². The third-order valence-corrected chi connectivity index (χ3v) is 6.63. The summed E-state index contributed by atoms with van der Waals surface area (Å²) in [5, 5.41) is 0. The number of likely N-dealkylation sites (tertiary alicyclic amines) is 1. The predicted octanol–water partition coefficient (Wildman–Crippen LogP) is 3.95. The van der Waals surface area contributed by atoms with Gasteiger partial charge < -0.3 is 14.4 Å². The van der Waals surface area contributed by atoms with Gasteiger partial charge in [-0.25, -0.2) is 4.98 Å². The van der Waals surface area contributed by atoms with Crippen LogP contribution in [0.15, 0.2) is 54.6 Å². The number of aromatic nitrogens is 2. The largest absolute Gasteiger partial charge is 0.339 e. The van der Waals surface area contributed by atoms with Crippen molar-refractivity contribution in [2.24, 2.45) is 0 Å². The van der Waals surface area contributed by atoms with Crippen molar-refractivity contribution in [1.29, 1.82) is 0 Å². The normalized spacial score (nSPS) is 18.7. The van der Waals surface area contributed by atoms with Gasteiger partial charge in [-0.3, -0.25) is 9.59 Å². The van der Waals surface area contributed by atoms with E-state index in [2.05, 4.69) is 26.0 Å². The second kappa shape index (κ2) is 8.41. The third kappa shape index (κ3) is 4.01. The van der Waals surface area contributed by atoms with Crippen LogP contribution in [0.1, 0.15) is 50.4 Å². The topological polar surface area (TPSA) is 58.4 Å². The standard InChI is InChI=1S/C26H30N4O2/c1-18(2)28(15-19-8-4-3-5-9-19)25(32)17-30-23-11-7-6-10-22(23)27-26(30)20-14-24(31)29(16-20)21-12-13-21/h3-11,18,20-21H,12-17H2,1-2H3. The van der Waals surface area contributed by atoms with E-state index < -0.39 is 0 Å². The molecular formula is C26H30N4O2. The van der Waals surface area contributed by atoms with E-state index in [1.54, 1.807) is 0 Å². The molecule has 1 aliphatic carbocycles. The van der Waals surface area contributed by atoms with Crippen molar-refractivity contribution in [1.82, 2.24) is 19.4 Å². The molecule has 0 radical (unpaired) electrons. The highest BCUT2D eigenvalue weighted by Gasteiger charge is 2.41. The maximum Gasteiger partial charge on any atom is 0.243 e. The zero-order valence-corrected chi connectivity index (χ0v) is 18.8. The number of amides is 2. The van der Waals surface area contributed by atoms with Gasteiger partial charge in [0.15, 0.2) is 0 Å². The summed E-state index contributed by atoms with van der Waals surface area (Å²) in [6.07, 6.45) is 2.69. The molecule has 1 unspecified atom stereocenters. The lowest BCUT2D eigenvalue weighted by Crippen LogP contribution is -2.39. The summed E-state index contributed by atoms with van der Waals surface area (Å²) >= 11 is 0. The average molecular weight is 431 g/mol. The van der Waals surface area contributed by atoms with Crippen LogP contribution in [0.25, 0.3) is 11.0 Å². The summed E-state index contributed by atoms with van der Waals surface area (Å²) in [5.74, 6) is 1.18.